The summed E-state index contributed by atoms with van der Waals surface area (Å²) < 4.78 is 55.9. The normalized spacial score (nSPS) is 11.2. The summed E-state index contributed by atoms with van der Waals surface area (Å²) in [6.07, 6.45) is 0. The van der Waals surface area contributed by atoms with Crippen LogP contribution in [-0.2, 0) is 10.0 Å². The average Bonchev–Trinajstić information content (AvgIpc) is 2.55. The van der Waals surface area contributed by atoms with Gasteiger partial charge in [-0.05, 0) is 36.4 Å². The third kappa shape index (κ3) is 4.19. The van der Waals surface area contributed by atoms with E-state index in [2.05, 4.69) is 14.8 Å². The van der Waals surface area contributed by atoms with Crippen molar-refractivity contribution in [3.05, 3.63) is 54.1 Å². The number of para-hydroxylation sites is 2. The molecule has 6 nitrogen and oxygen atoms in total. The van der Waals surface area contributed by atoms with Crippen LogP contribution < -0.4 is 14.8 Å². The van der Waals surface area contributed by atoms with E-state index in [1.54, 1.807) is 0 Å². The maximum Gasteiger partial charge on any atom is 0.387 e. The van der Waals surface area contributed by atoms with Crippen LogP contribution in [0.25, 0.3) is 0 Å². The van der Waals surface area contributed by atoms with Crippen molar-refractivity contribution in [2.45, 2.75) is 11.5 Å². The van der Waals surface area contributed by atoms with Crippen LogP contribution in [0, 0.1) is 0 Å². The molecule has 2 aromatic rings. The first-order valence-corrected chi connectivity index (χ1v) is 8.20. The third-order valence-electron chi connectivity index (χ3n) is 3.00. The van der Waals surface area contributed by atoms with Crippen molar-refractivity contribution < 1.29 is 26.7 Å². The zero-order valence-corrected chi connectivity index (χ0v) is 13.3. The van der Waals surface area contributed by atoms with Gasteiger partial charge in [-0.1, -0.05) is 12.1 Å². The number of halogens is 2. The summed E-state index contributed by atoms with van der Waals surface area (Å²) in [4.78, 5) is 11.3. The maximum absolute atomic E-state index is 12.4. The fraction of sp³-hybridized carbons (Fsp3) is 0.133. The molecule has 1 amide bonds. The fourth-order valence-corrected chi connectivity index (χ4v) is 2.95. The molecule has 2 rings (SSSR count). The number of ether oxygens (including phenoxy) is 1. The molecule has 9 heteroatoms. The highest BCUT2D eigenvalue weighted by atomic mass is 32.2. The second-order valence-electron chi connectivity index (χ2n) is 4.58. The molecule has 0 unspecified atom stereocenters. The minimum Gasteiger partial charge on any atom is -0.433 e. The third-order valence-corrected chi connectivity index (χ3v) is 4.38. The van der Waals surface area contributed by atoms with Crippen LogP contribution in [0.1, 0.15) is 10.4 Å². The second-order valence-corrected chi connectivity index (χ2v) is 6.27. The van der Waals surface area contributed by atoms with Gasteiger partial charge in [-0.3, -0.25) is 9.52 Å². The van der Waals surface area contributed by atoms with Crippen LogP contribution in [0.3, 0.4) is 0 Å². The molecule has 2 N–H and O–H groups in total. The number of hydrogen-bond donors (Lipinski definition) is 2. The van der Waals surface area contributed by atoms with Crippen LogP contribution >= 0.6 is 0 Å². The van der Waals surface area contributed by atoms with E-state index in [4.69, 9.17) is 0 Å². The molecule has 0 fully saturated rings. The highest BCUT2D eigenvalue weighted by molar-refractivity contribution is 7.92. The van der Waals surface area contributed by atoms with E-state index in [1.165, 1.54) is 55.6 Å². The summed E-state index contributed by atoms with van der Waals surface area (Å²) >= 11 is 0. The zero-order chi connectivity index (χ0) is 17.7. The van der Waals surface area contributed by atoms with Crippen LogP contribution in [0.5, 0.6) is 5.75 Å². The molecule has 0 aliphatic heterocycles. The van der Waals surface area contributed by atoms with Gasteiger partial charge in [0, 0.05) is 12.6 Å². The molecule has 2 aromatic carbocycles. The number of benzene rings is 2. The number of hydrogen-bond acceptors (Lipinski definition) is 4. The second kappa shape index (κ2) is 7.26. The fourth-order valence-electron chi connectivity index (χ4n) is 1.88. The van der Waals surface area contributed by atoms with Crippen molar-refractivity contribution in [1.82, 2.24) is 5.32 Å². The average molecular weight is 356 g/mol. The summed E-state index contributed by atoms with van der Waals surface area (Å²) in [5.74, 6) is -0.652. The molecule has 0 aromatic heterocycles. The van der Waals surface area contributed by atoms with E-state index in [-0.39, 0.29) is 27.8 Å². The van der Waals surface area contributed by atoms with Crippen molar-refractivity contribution in [1.29, 1.82) is 0 Å². The lowest BCUT2D eigenvalue weighted by Gasteiger charge is -2.13. The van der Waals surface area contributed by atoms with Crippen LogP contribution in [0.2, 0.25) is 0 Å². The van der Waals surface area contributed by atoms with Crippen LogP contribution in [0.15, 0.2) is 53.4 Å². The molecule has 0 spiro atoms. The maximum atomic E-state index is 12.4. The Hall–Kier alpha value is -2.68. The zero-order valence-electron chi connectivity index (χ0n) is 12.5. The smallest absolute Gasteiger partial charge is 0.387 e. The van der Waals surface area contributed by atoms with Gasteiger partial charge in [-0.2, -0.15) is 8.78 Å². The van der Waals surface area contributed by atoms with E-state index < -0.39 is 16.6 Å². The molecule has 0 bridgehead atoms. The van der Waals surface area contributed by atoms with Gasteiger partial charge in [0.15, 0.2) is 0 Å². The topological polar surface area (TPSA) is 84.5 Å². The molecule has 0 heterocycles. The number of alkyl halides is 2. The van der Waals surface area contributed by atoms with E-state index >= 15 is 0 Å². The first kappa shape index (κ1) is 17.7. The number of amides is 1. The summed E-state index contributed by atoms with van der Waals surface area (Å²) in [6, 6.07) is 10.6. The minimum atomic E-state index is -4.03. The van der Waals surface area contributed by atoms with Gasteiger partial charge in [0.2, 0.25) is 0 Å². The Morgan fingerprint density at radius 3 is 2.29 bits per heavy atom. The Morgan fingerprint density at radius 1 is 1.08 bits per heavy atom. The summed E-state index contributed by atoms with van der Waals surface area (Å²) in [7, 11) is -2.57. The van der Waals surface area contributed by atoms with Crippen LogP contribution in [-0.4, -0.2) is 28.0 Å². The largest absolute Gasteiger partial charge is 0.433 e. The Labute approximate surface area is 137 Å². The van der Waals surface area contributed by atoms with Crippen molar-refractivity contribution in [3.63, 3.8) is 0 Å². The molecule has 0 radical (unpaired) electrons. The van der Waals surface area contributed by atoms with Crippen molar-refractivity contribution in [2.75, 3.05) is 11.8 Å². The van der Waals surface area contributed by atoms with Gasteiger partial charge in [-0.25, -0.2) is 8.42 Å². The highest BCUT2D eigenvalue weighted by Gasteiger charge is 2.18. The van der Waals surface area contributed by atoms with Crippen molar-refractivity contribution in [2.24, 2.45) is 0 Å². The molecule has 0 aliphatic carbocycles. The molecule has 0 aliphatic rings. The summed E-state index contributed by atoms with van der Waals surface area (Å²) in [6.45, 7) is -3.08. The van der Waals surface area contributed by atoms with E-state index in [9.17, 15) is 22.0 Å². The van der Waals surface area contributed by atoms with Gasteiger partial charge in [0.05, 0.1) is 10.6 Å². The lowest BCUT2D eigenvalue weighted by Crippen LogP contribution is -2.18. The molecule has 0 saturated carbocycles. The quantitative estimate of drug-likeness (QED) is 0.833. The summed E-state index contributed by atoms with van der Waals surface area (Å²) in [5.41, 5.74) is 0.172. The molecule has 0 atom stereocenters. The molecule has 128 valence electrons. The lowest BCUT2D eigenvalue weighted by molar-refractivity contribution is -0.0493. The van der Waals surface area contributed by atoms with Crippen LogP contribution in [0.4, 0.5) is 14.5 Å². The standard InChI is InChI=1S/C15H14F2N2O4S/c1-18-14(20)10-6-8-11(9-7-10)24(21,22)19-12-4-2-3-5-13(12)23-15(16)17/h2-9,15,19H,1H3,(H,18,20). The number of carbonyl (C=O) groups is 1. The Morgan fingerprint density at radius 2 is 1.71 bits per heavy atom. The minimum absolute atomic E-state index is 0.117. The number of carbonyl (C=O) groups excluding carboxylic acids is 1. The first-order chi connectivity index (χ1) is 11.3. The molecular weight excluding hydrogens is 342 g/mol. The Balaban J connectivity index is 2.27. The number of rotatable bonds is 6. The molecule has 0 saturated heterocycles. The Bertz CT molecular complexity index is 824. The van der Waals surface area contributed by atoms with Gasteiger partial charge in [-0.15, -0.1) is 0 Å². The molecule has 24 heavy (non-hydrogen) atoms. The van der Waals surface area contributed by atoms with E-state index in [1.807, 2.05) is 0 Å². The van der Waals surface area contributed by atoms with Gasteiger partial charge in [0.1, 0.15) is 5.75 Å². The summed E-state index contributed by atoms with van der Waals surface area (Å²) in [5, 5.41) is 2.41. The van der Waals surface area contributed by atoms with Gasteiger partial charge in [0.25, 0.3) is 15.9 Å². The van der Waals surface area contributed by atoms with Gasteiger partial charge < -0.3 is 10.1 Å². The molecular formula is C15H14F2N2O4S. The number of sulfonamides is 1. The first-order valence-electron chi connectivity index (χ1n) is 6.72. The predicted octanol–water partition coefficient (Wildman–Crippen LogP) is 2.45. The highest BCUT2D eigenvalue weighted by Crippen LogP contribution is 2.28. The monoisotopic (exact) mass is 356 g/mol. The van der Waals surface area contributed by atoms with Gasteiger partial charge >= 0.3 is 6.61 Å². The lowest BCUT2D eigenvalue weighted by atomic mass is 10.2. The van der Waals surface area contributed by atoms with Crippen molar-refractivity contribution >= 4 is 21.6 Å². The van der Waals surface area contributed by atoms with E-state index in [0.717, 1.165) is 0 Å². The Kier molecular flexibility index (Phi) is 5.35. The number of nitrogens with one attached hydrogen (secondary N) is 2. The van der Waals surface area contributed by atoms with Crippen molar-refractivity contribution in [3.8, 4) is 5.75 Å². The predicted molar refractivity (Wildman–Crippen MR) is 83.7 cm³/mol. The SMILES string of the molecule is CNC(=O)c1ccc(S(=O)(=O)Nc2ccccc2OC(F)F)cc1. The number of anilines is 1. The van der Waals surface area contributed by atoms with E-state index in [0.29, 0.717) is 0 Å².